The van der Waals surface area contributed by atoms with Gasteiger partial charge in [0.25, 0.3) is 0 Å². The molecule has 0 spiro atoms. The number of thioether (sulfide) groups is 1. The van der Waals surface area contributed by atoms with Gasteiger partial charge in [-0.3, -0.25) is 0 Å². The Kier molecular flexibility index (Phi) is 4.13. The van der Waals surface area contributed by atoms with Gasteiger partial charge in [-0.1, -0.05) is 12.1 Å². The van der Waals surface area contributed by atoms with Gasteiger partial charge in [0, 0.05) is 36.3 Å². The van der Waals surface area contributed by atoms with Gasteiger partial charge in [-0.25, -0.2) is 0 Å². The molecular formula is C13H20N2S. The van der Waals surface area contributed by atoms with Crippen LogP contribution in [-0.4, -0.2) is 31.1 Å². The van der Waals surface area contributed by atoms with Crippen molar-refractivity contribution in [1.29, 1.82) is 0 Å². The van der Waals surface area contributed by atoms with Crippen molar-refractivity contribution in [2.45, 2.75) is 19.5 Å². The molecule has 1 atom stereocenters. The van der Waals surface area contributed by atoms with E-state index in [0.717, 1.165) is 6.54 Å². The van der Waals surface area contributed by atoms with E-state index >= 15 is 0 Å². The molecule has 0 saturated carbocycles. The van der Waals surface area contributed by atoms with Gasteiger partial charge in [-0.2, -0.15) is 11.8 Å². The largest absolute Gasteiger partial charge is 0.367 e. The Labute approximate surface area is 102 Å². The summed E-state index contributed by atoms with van der Waals surface area (Å²) in [6.07, 6.45) is 0. The van der Waals surface area contributed by atoms with Gasteiger partial charge in [0.15, 0.2) is 0 Å². The summed E-state index contributed by atoms with van der Waals surface area (Å²) in [6.45, 7) is 4.44. The van der Waals surface area contributed by atoms with E-state index in [2.05, 4.69) is 53.2 Å². The van der Waals surface area contributed by atoms with Gasteiger partial charge in [0.1, 0.15) is 0 Å². The first-order valence-electron chi connectivity index (χ1n) is 5.89. The van der Waals surface area contributed by atoms with E-state index in [1.54, 1.807) is 0 Å². The summed E-state index contributed by atoms with van der Waals surface area (Å²) < 4.78 is 0. The normalized spacial score (nSPS) is 21.1. The molecule has 16 heavy (non-hydrogen) atoms. The summed E-state index contributed by atoms with van der Waals surface area (Å²) in [4.78, 5) is 2.51. The fraction of sp³-hybridized carbons (Fsp3) is 0.538. The lowest BCUT2D eigenvalue weighted by Crippen LogP contribution is -2.40. The van der Waals surface area contributed by atoms with Crippen molar-refractivity contribution in [3.63, 3.8) is 0 Å². The Morgan fingerprint density at radius 3 is 2.75 bits per heavy atom. The first-order valence-corrected chi connectivity index (χ1v) is 7.04. The number of benzene rings is 1. The van der Waals surface area contributed by atoms with E-state index in [1.165, 1.54) is 29.3 Å². The highest BCUT2D eigenvalue weighted by molar-refractivity contribution is 7.99. The highest BCUT2D eigenvalue weighted by atomic mass is 32.2. The Bertz CT molecular complexity index is 323. The Hall–Kier alpha value is -0.670. The van der Waals surface area contributed by atoms with E-state index in [1.807, 2.05) is 7.05 Å². The third-order valence-electron chi connectivity index (χ3n) is 3.02. The van der Waals surface area contributed by atoms with E-state index in [0.29, 0.717) is 6.04 Å². The second-order valence-corrected chi connectivity index (χ2v) is 5.46. The zero-order valence-corrected chi connectivity index (χ0v) is 10.9. The molecule has 1 unspecified atom stereocenters. The standard InChI is InChI=1S/C13H20N2S/c1-11-10-16-8-7-15(11)13-5-3-12(4-6-13)9-14-2/h3-6,11,14H,7-10H2,1-2H3. The molecule has 1 aromatic rings. The fourth-order valence-corrected chi connectivity index (χ4v) is 3.13. The molecule has 1 N–H and O–H groups in total. The summed E-state index contributed by atoms with van der Waals surface area (Å²) in [6, 6.07) is 9.60. The molecule has 1 aliphatic heterocycles. The summed E-state index contributed by atoms with van der Waals surface area (Å²) in [5, 5.41) is 3.17. The quantitative estimate of drug-likeness (QED) is 0.867. The van der Waals surface area contributed by atoms with E-state index in [9.17, 15) is 0 Å². The summed E-state index contributed by atoms with van der Waals surface area (Å²) in [7, 11) is 1.98. The molecule has 3 heteroatoms. The van der Waals surface area contributed by atoms with Gasteiger partial charge < -0.3 is 10.2 Å². The molecule has 2 nitrogen and oxygen atoms in total. The number of hydrogen-bond acceptors (Lipinski definition) is 3. The molecule has 0 aromatic heterocycles. The van der Waals surface area contributed by atoms with Crippen molar-refractivity contribution in [2.24, 2.45) is 0 Å². The third kappa shape index (κ3) is 2.71. The Balaban J connectivity index is 2.08. The summed E-state index contributed by atoms with van der Waals surface area (Å²) in [5.74, 6) is 2.50. The minimum Gasteiger partial charge on any atom is -0.367 e. The zero-order valence-electron chi connectivity index (χ0n) is 10.1. The second kappa shape index (κ2) is 5.60. The number of rotatable bonds is 3. The molecule has 0 amide bonds. The van der Waals surface area contributed by atoms with Crippen LogP contribution in [0.25, 0.3) is 0 Å². The predicted octanol–water partition coefficient (Wildman–Crippen LogP) is 2.35. The first kappa shape index (κ1) is 11.8. The van der Waals surface area contributed by atoms with Gasteiger partial charge in [-0.15, -0.1) is 0 Å². The second-order valence-electron chi connectivity index (χ2n) is 4.31. The molecule has 0 radical (unpaired) electrons. The topological polar surface area (TPSA) is 15.3 Å². The number of nitrogens with one attached hydrogen (secondary N) is 1. The molecule has 1 heterocycles. The fourth-order valence-electron chi connectivity index (χ4n) is 2.12. The van der Waals surface area contributed by atoms with Crippen LogP contribution in [0.15, 0.2) is 24.3 Å². The van der Waals surface area contributed by atoms with Crippen LogP contribution in [0.5, 0.6) is 0 Å². The van der Waals surface area contributed by atoms with Crippen LogP contribution in [0.4, 0.5) is 5.69 Å². The van der Waals surface area contributed by atoms with Crippen molar-refractivity contribution in [3.05, 3.63) is 29.8 Å². The average Bonchev–Trinajstić information content (AvgIpc) is 2.31. The van der Waals surface area contributed by atoms with Gasteiger partial charge in [0.05, 0.1) is 0 Å². The van der Waals surface area contributed by atoms with Crippen molar-refractivity contribution >= 4 is 17.4 Å². The molecule has 2 rings (SSSR count). The van der Waals surface area contributed by atoms with Crippen LogP contribution in [0.3, 0.4) is 0 Å². The van der Waals surface area contributed by atoms with Gasteiger partial charge in [0.2, 0.25) is 0 Å². The maximum atomic E-state index is 3.17. The monoisotopic (exact) mass is 236 g/mol. The van der Waals surface area contributed by atoms with Crippen molar-refractivity contribution in [2.75, 3.05) is 30.0 Å². The highest BCUT2D eigenvalue weighted by Gasteiger charge is 2.18. The van der Waals surface area contributed by atoms with E-state index in [-0.39, 0.29) is 0 Å². The number of nitrogens with zero attached hydrogens (tertiary/aromatic N) is 1. The van der Waals surface area contributed by atoms with Crippen LogP contribution in [0.2, 0.25) is 0 Å². The Morgan fingerprint density at radius 2 is 2.12 bits per heavy atom. The molecule has 1 aromatic carbocycles. The maximum absolute atomic E-state index is 3.17. The van der Waals surface area contributed by atoms with Crippen molar-refractivity contribution in [3.8, 4) is 0 Å². The Morgan fingerprint density at radius 1 is 1.38 bits per heavy atom. The molecule has 0 bridgehead atoms. The number of hydrogen-bond donors (Lipinski definition) is 1. The minimum absolute atomic E-state index is 0.661. The van der Waals surface area contributed by atoms with E-state index in [4.69, 9.17) is 0 Å². The van der Waals surface area contributed by atoms with Crippen LogP contribution in [0.1, 0.15) is 12.5 Å². The summed E-state index contributed by atoms with van der Waals surface area (Å²) in [5.41, 5.74) is 2.72. The lowest BCUT2D eigenvalue weighted by Gasteiger charge is -2.35. The molecule has 0 aliphatic carbocycles. The van der Waals surface area contributed by atoms with Crippen LogP contribution in [-0.2, 0) is 6.54 Å². The molecule has 88 valence electrons. The molecule has 1 aliphatic rings. The molecule has 1 saturated heterocycles. The third-order valence-corrected chi connectivity index (χ3v) is 4.21. The van der Waals surface area contributed by atoms with Crippen LogP contribution >= 0.6 is 11.8 Å². The highest BCUT2D eigenvalue weighted by Crippen LogP contribution is 2.24. The minimum atomic E-state index is 0.661. The van der Waals surface area contributed by atoms with Crippen molar-refractivity contribution in [1.82, 2.24) is 5.32 Å². The molecule has 1 fully saturated rings. The van der Waals surface area contributed by atoms with Crippen molar-refractivity contribution < 1.29 is 0 Å². The molecular weight excluding hydrogens is 216 g/mol. The average molecular weight is 236 g/mol. The van der Waals surface area contributed by atoms with E-state index < -0.39 is 0 Å². The van der Waals surface area contributed by atoms with Crippen LogP contribution < -0.4 is 10.2 Å². The lowest BCUT2D eigenvalue weighted by molar-refractivity contribution is 0.699. The van der Waals surface area contributed by atoms with Crippen LogP contribution in [0, 0.1) is 0 Å². The maximum Gasteiger partial charge on any atom is 0.0369 e. The number of anilines is 1. The SMILES string of the molecule is CNCc1ccc(N2CCSCC2C)cc1. The zero-order chi connectivity index (χ0) is 11.4. The van der Waals surface area contributed by atoms with Gasteiger partial charge >= 0.3 is 0 Å². The predicted molar refractivity (Wildman–Crippen MR) is 73.3 cm³/mol. The smallest absolute Gasteiger partial charge is 0.0369 e. The summed E-state index contributed by atoms with van der Waals surface area (Å²) >= 11 is 2.06. The van der Waals surface area contributed by atoms with Gasteiger partial charge in [-0.05, 0) is 31.7 Å². The first-order chi connectivity index (χ1) is 7.81. The lowest BCUT2D eigenvalue weighted by atomic mass is 10.1.